The van der Waals surface area contributed by atoms with Crippen molar-refractivity contribution in [3.63, 3.8) is 0 Å². The Hall–Kier alpha value is -3.21. The first-order valence-electron chi connectivity index (χ1n) is 12.6. The fraction of sp³-hybridized carbons (Fsp3) is 0.625. The number of nitrogens with one attached hydrogen (secondary N) is 2. The van der Waals surface area contributed by atoms with Crippen LogP contribution in [0.5, 0.6) is 5.75 Å². The van der Waals surface area contributed by atoms with E-state index in [9.17, 15) is 10.1 Å². The highest BCUT2D eigenvalue weighted by atomic mass is 16.6. The zero-order valence-corrected chi connectivity index (χ0v) is 20.6. The molecule has 2 aliphatic rings. The molecule has 190 valence electrons. The van der Waals surface area contributed by atoms with Gasteiger partial charge in [-0.3, -0.25) is 10.1 Å². The van der Waals surface area contributed by atoms with Gasteiger partial charge in [-0.05, 0) is 56.7 Å². The van der Waals surface area contributed by atoms with Gasteiger partial charge in [-0.25, -0.2) is 0 Å². The van der Waals surface area contributed by atoms with Crippen molar-refractivity contribution >= 4 is 29.2 Å². The number of nitrogens with zero attached hydrogens (tertiary/aromatic N) is 5. The predicted octanol–water partition coefficient (Wildman–Crippen LogP) is 4.03. The number of nitro benzene ring substituents is 1. The highest BCUT2D eigenvalue weighted by Crippen LogP contribution is 2.37. The number of aromatic nitrogens is 3. The largest absolute Gasteiger partial charge is 0.490 e. The minimum atomic E-state index is -0.436. The lowest BCUT2D eigenvalue weighted by atomic mass is 9.89. The monoisotopic (exact) mass is 484 g/mol. The van der Waals surface area contributed by atoms with E-state index in [0.29, 0.717) is 23.5 Å². The molecule has 1 aliphatic heterocycles. The normalized spacial score (nSPS) is 19.3. The molecule has 2 fully saturated rings. The molecule has 35 heavy (non-hydrogen) atoms. The Bertz CT molecular complexity index is 1010. The SMILES string of the molecule is CCC(C1CCCN1)N(c1ccc(OC)c([N+](=O)[O-])c1)c1nc(N)nc(NCC2CCCCC2)n1. The van der Waals surface area contributed by atoms with E-state index in [1.165, 1.54) is 45.3 Å². The maximum atomic E-state index is 11.8. The molecule has 0 spiro atoms. The lowest BCUT2D eigenvalue weighted by Gasteiger charge is -2.35. The molecule has 0 bridgehead atoms. The second kappa shape index (κ2) is 11.5. The van der Waals surface area contributed by atoms with Gasteiger partial charge in [0.2, 0.25) is 17.8 Å². The van der Waals surface area contributed by atoms with E-state index in [2.05, 4.69) is 27.5 Å². The Kier molecular flexibility index (Phi) is 8.17. The second-order valence-corrected chi connectivity index (χ2v) is 9.36. The van der Waals surface area contributed by atoms with Crippen LogP contribution in [0.1, 0.15) is 58.3 Å². The van der Waals surface area contributed by atoms with Gasteiger partial charge in [0.25, 0.3) is 0 Å². The van der Waals surface area contributed by atoms with Gasteiger partial charge >= 0.3 is 5.69 Å². The first-order chi connectivity index (χ1) is 17.0. The van der Waals surface area contributed by atoms with Gasteiger partial charge in [0.1, 0.15) is 0 Å². The third kappa shape index (κ3) is 5.90. The van der Waals surface area contributed by atoms with Crippen LogP contribution < -0.4 is 26.0 Å². The van der Waals surface area contributed by atoms with Gasteiger partial charge in [0, 0.05) is 18.7 Å². The average molecular weight is 485 g/mol. The molecule has 2 atom stereocenters. The van der Waals surface area contributed by atoms with Crippen molar-refractivity contribution in [2.75, 3.05) is 36.1 Å². The maximum absolute atomic E-state index is 11.8. The van der Waals surface area contributed by atoms with Crippen LogP contribution >= 0.6 is 0 Å². The van der Waals surface area contributed by atoms with E-state index >= 15 is 0 Å². The first-order valence-corrected chi connectivity index (χ1v) is 12.6. The Morgan fingerprint density at radius 2 is 2.03 bits per heavy atom. The highest BCUT2D eigenvalue weighted by Gasteiger charge is 2.33. The van der Waals surface area contributed by atoms with Crippen LogP contribution in [-0.2, 0) is 0 Å². The lowest BCUT2D eigenvalue weighted by Crippen LogP contribution is -2.46. The minimum Gasteiger partial charge on any atom is -0.490 e. The van der Waals surface area contributed by atoms with Gasteiger partial charge in [-0.15, -0.1) is 0 Å². The highest BCUT2D eigenvalue weighted by molar-refractivity contribution is 5.66. The maximum Gasteiger partial charge on any atom is 0.312 e. The van der Waals surface area contributed by atoms with Crippen LogP contribution in [0.2, 0.25) is 0 Å². The standard InChI is InChI=1S/C24H36N8O3/c1-3-19(18-10-7-13-26-18)31(17-11-12-21(35-2)20(14-17)32(33)34)24-29-22(25)28-23(30-24)27-15-16-8-5-4-6-9-16/h11-12,14,16,18-19,26H,3-10,13,15H2,1-2H3,(H3,25,27,28,29,30). The molecule has 1 aromatic heterocycles. The van der Waals surface area contributed by atoms with Crippen molar-refractivity contribution in [1.82, 2.24) is 20.3 Å². The summed E-state index contributed by atoms with van der Waals surface area (Å²) < 4.78 is 5.22. The quantitative estimate of drug-likeness (QED) is 0.334. The van der Waals surface area contributed by atoms with Crippen LogP contribution in [0.25, 0.3) is 0 Å². The number of nitrogens with two attached hydrogens (primary N) is 1. The molecule has 11 heteroatoms. The summed E-state index contributed by atoms with van der Waals surface area (Å²) in [6.45, 7) is 3.83. The summed E-state index contributed by atoms with van der Waals surface area (Å²) in [4.78, 5) is 26.8. The summed E-state index contributed by atoms with van der Waals surface area (Å²) in [5.74, 6) is 1.72. The van der Waals surface area contributed by atoms with E-state index in [1.807, 2.05) is 4.90 Å². The van der Waals surface area contributed by atoms with Crippen molar-refractivity contribution < 1.29 is 9.66 Å². The molecular formula is C24H36N8O3. The summed E-state index contributed by atoms with van der Waals surface area (Å²) in [7, 11) is 1.42. The number of hydrogen-bond acceptors (Lipinski definition) is 10. The molecule has 0 amide bonds. The summed E-state index contributed by atoms with van der Waals surface area (Å²) in [5.41, 5.74) is 6.63. The zero-order valence-electron chi connectivity index (χ0n) is 20.6. The van der Waals surface area contributed by atoms with Gasteiger partial charge in [0.15, 0.2) is 5.75 Å². The molecule has 1 saturated carbocycles. The molecule has 2 aromatic rings. The summed E-state index contributed by atoms with van der Waals surface area (Å²) in [5, 5.41) is 18.7. The number of ether oxygens (including phenoxy) is 1. The van der Waals surface area contributed by atoms with Crippen molar-refractivity contribution in [3.8, 4) is 5.75 Å². The van der Waals surface area contributed by atoms with Crippen molar-refractivity contribution in [1.29, 1.82) is 0 Å². The van der Waals surface area contributed by atoms with Crippen LogP contribution in [0, 0.1) is 16.0 Å². The second-order valence-electron chi connectivity index (χ2n) is 9.36. The molecular weight excluding hydrogens is 448 g/mol. The summed E-state index contributed by atoms with van der Waals surface area (Å²) in [6.07, 6.45) is 9.08. The molecule has 1 aliphatic carbocycles. The number of nitro groups is 1. The smallest absolute Gasteiger partial charge is 0.312 e. The van der Waals surface area contributed by atoms with Crippen molar-refractivity contribution in [2.45, 2.75) is 70.4 Å². The number of benzene rings is 1. The van der Waals surface area contributed by atoms with Crippen LogP contribution in [0.15, 0.2) is 18.2 Å². The number of hydrogen-bond donors (Lipinski definition) is 3. The number of nitrogen functional groups attached to an aromatic ring is 1. The molecule has 0 radical (unpaired) electrons. The fourth-order valence-corrected chi connectivity index (χ4v) is 5.31. The van der Waals surface area contributed by atoms with Gasteiger partial charge in [0.05, 0.1) is 23.8 Å². The fourth-order valence-electron chi connectivity index (χ4n) is 5.31. The topological polar surface area (TPSA) is 144 Å². The third-order valence-corrected chi connectivity index (χ3v) is 7.08. The molecule has 4 rings (SSSR count). The zero-order chi connectivity index (χ0) is 24.8. The van der Waals surface area contributed by atoms with E-state index < -0.39 is 4.92 Å². The van der Waals surface area contributed by atoms with E-state index in [4.69, 9.17) is 15.5 Å². The minimum absolute atomic E-state index is 0.0292. The number of anilines is 4. The van der Waals surface area contributed by atoms with Gasteiger partial charge in [-0.1, -0.05) is 26.2 Å². The molecule has 2 heterocycles. The average Bonchev–Trinajstić information content (AvgIpc) is 3.40. The van der Waals surface area contributed by atoms with E-state index in [0.717, 1.165) is 32.4 Å². The van der Waals surface area contributed by atoms with Crippen LogP contribution in [0.3, 0.4) is 0 Å². The van der Waals surface area contributed by atoms with E-state index in [1.54, 1.807) is 12.1 Å². The van der Waals surface area contributed by atoms with Crippen molar-refractivity contribution in [3.05, 3.63) is 28.3 Å². The Morgan fingerprint density at radius 1 is 1.23 bits per heavy atom. The number of rotatable bonds is 10. The Morgan fingerprint density at radius 3 is 2.69 bits per heavy atom. The third-order valence-electron chi connectivity index (χ3n) is 7.08. The number of methoxy groups -OCH3 is 1. The molecule has 1 aromatic carbocycles. The molecule has 4 N–H and O–H groups in total. The molecule has 2 unspecified atom stereocenters. The molecule has 1 saturated heterocycles. The lowest BCUT2D eigenvalue weighted by molar-refractivity contribution is -0.385. The first kappa shape index (κ1) is 24.9. The summed E-state index contributed by atoms with van der Waals surface area (Å²) in [6, 6.07) is 5.10. The van der Waals surface area contributed by atoms with Gasteiger partial charge in [-0.2, -0.15) is 15.0 Å². The Balaban J connectivity index is 1.71. The predicted molar refractivity (Wildman–Crippen MR) is 136 cm³/mol. The molecule has 11 nitrogen and oxygen atoms in total. The van der Waals surface area contributed by atoms with Crippen LogP contribution in [0.4, 0.5) is 29.2 Å². The summed E-state index contributed by atoms with van der Waals surface area (Å²) >= 11 is 0. The van der Waals surface area contributed by atoms with E-state index in [-0.39, 0.29) is 29.5 Å². The Labute approximate surface area is 206 Å². The van der Waals surface area contributed by atoms with Gasteiger partial charge < -0.3 is 26.0 Å². The van der Waals surface area contributed by atoms with Crippen molar-refractivity contribution in [2.24, 2.45) is 5.92 Å². The van der Waals surface area contributed by atoms with Crippen LogP contribution in [-0.4, -0.2) is 52.2 Å².